The lowest BCUT2D eigenvalue weighted by Gasteiger charge is -2.28. The predicted molar refractivity (Wildman–Crippen MR) is 117 cm³/mol. The molecule has 1 aliphatic rings. The average molecular weight is 436 g/mol. The lowest BCUT2D eigenvalue weighted by Crippen LogP contribution is -2.32. The lowest BCUT2D eigenvalue weighted by atomic mass is 9.94. The van der Waals surface area contributed by atoms with Crippen LogP contribution in [-0.2, 0) is 16.4 Å². The van der Waals surface area contributed by atoms with Crippen molar-refractivity contribution in [2.45, 2.75) is 30.6 Å². The molecule has 1 amide bonds. The molecular weight excluding hydrogens is 406 g/mol. The van der Waals surface area contributed by atoms with Gasteiger partial charge in [-0.3, -0.25) is 4.79 Å². The van der Waals surface area contributed by atoms with Gasteiger partial charge in [0.25, 0.3) is 5.91 Å². The second-order valence-corrected chi connectivity index (χ2v) is 10.3. The second-order valence-electron chi connectivity index (χ2n) is 7.54. The van der Waals surface area contributed by atoms with Gasteiger partial charge >= 0.3 is 0 Å². The number of hydrogen-bond donors (Lipinski definition) is 2. The third-order valence-electron chi connectivity index (χ3n) is 5.35. The monoisotopic (exact) mass is 435 g/mol. The van der Waals surface area contributed by atoms with Crippen molar-refractivity contribution in [3.63, 3.8) is 0 Å². The number of hydrogen-bond acceptors (Lipinski definition) is 5. The summed E-state index contributed by atoms with van der Waals surface area (Å²) < 4.78 is 27.4. The summed E-state index contributed by atoms with van der Waals surface area (Å²) in [6.45, 7) is 3.24. The third kappa shape index (κ3) is 6.64. The van der Waals surface area contributed by atoms with Crippen molar-refractivity contribution in [1.82, 2.24) is 14.9 Å². The fourth-order valence-electron chi connectivity index (χ4n) is 3.47. The van der Waals surface area contributed by atoms with Crippen LogP contribution in [0, 0.1) is 5.92 Å². The van der Waals surface area contributed by atoms with Crippen molar-refractivity contribution < 1.29 is 13.2 Å². The molecule has 0 bridgehead atoms. The van der Waals surface area contributed by atoms with Crippen LogP contribution in [-0.4, -0.2) is 52.5 Å². The molecule has 158 valence electrons. The van der Waals surface area contributed by atoms with Gasteiger partial charge in [0.1, 0.15) is 0 Å². The van der Waals surface area contributed by atoms with E-state index in [1.807, 2.05) is 17.5 Å². The first-order chi connectivity index (χ1) is 13.9. The Kier molecular flexibility index (Phi) is 7.83. The van der Waals surface area contributed by atoms with E-state index >= 15 is 0 Å². The maximum absolute atomic E-state index is 12.4. The highest BCUT2D eigenvalue weighted by atomic mass is 32.2. The molecule has 0 unspecified atom stereocenters. The van der Waals surface area contributed by atoms with E-state index < -0.39 is 10.0 Å². The molecule has 1 saturated heterocycles. The Bertz CT molecular complexity index is 872. The Labute approximate surface area is 177 Å². The highest BCUT2D eigenvalue weighted by Crippen LogP contribution is 2.19. The third-order valence-corrected chi connectivity index (χ3v) is 7.76. The molecular formula is C21H29N3O3S2. The van der Waals surface area contributed by atoms with E-state index in [1.54, 1.807) is 23.5 Å². The van der Waals surface area contributed by atoms with Crippen LogP contribution in [0.5, 0.6) is 0 Å². The van der Waals surface area contributed by atoms with Gasteiger partial charge in [-0.2, -0.15) is 0 Å². The SMILES string of the molecule is CN1CCC(CCNC(=O)c2ccc(S(=O)(=O)NCCc3cccs3)cc2)CC1. The summed E-state index contributed by atoms with van der Waals surface area (Å²) in [6.07, 6.45) is 4.01. The van der Waals surface area contributed by atoms with Crippen molar-refractivity contribution >= 4 is 27.3 Å². The van der Waals surface area contributed by atoms with Crippen LogP contribution >= 0.6 is 11.3 Å². The molecule has 6 nitrogen and oxygen atoms in total. The molecule has 8 heteroatoms. The molecule has 1 fully saturated rings. The first kappa shape index (κ1) is 22.0. The molecule has 0 aliphatic carbocycles. The Hall–Kier alpha value is -1.74. The standard InChI is InChI=1S/C21H29N3O3S2/c1-24-14-10-17(11-15-24)8-12-22-21(25)18-4-6-20(7-5-18)29(26,27)23-13-9-19-3-2-16-28-19/h2-7,16-17,23H,8-15H2,1H3,(H,22,25). The van der Waals surface area contributed by atoms with E-state index in [0.717, 1.165) is 24.4 Å². The highest BCUT2D eigenvalue weighted by molar-refractivity contribution is 7.89. The van der Waals surface area contributed by atoms with Gasteiger partial charge in [-0.25, -0.2) is 13.1 Å². The number of amides is 1. The fraction of sp³-hybridized carbons (Fsp3) is 0.476. The predicted octanol–water partition coefficient (Wildman–Crippen LogP) is 2.73. The number of piperidine rings is 1. The zero-order valence-corrected chi connectivity index (χ0v) is 18.4. The quantitative estimate of drug-likeness (QED) is 0.635. The number of rotatable bonds is 9. The van der Waals surface area contributed by atoms with Crippen molar-refractivity contribution in [3.05, 3.63) is 52.2 Å². The highest BCUT2D eigenvalue weighted by Gasteiger charge is 2.17. The molecule has 0 radical (unpaired) electrons. The van der Waals surface area contributed by atoms with Crippen LogP contribution in [0.2, 0.25) is 0 Å². The van der Waals surface area contributed by atoms with E-state index in [2.05, 4.69) is 22.0 Å². The maximum atomic E-state index is 12.4. The molecule has 3 rings (SSSR count). The molecule has 29 heavy (non-hydrogen) atoms. The van der Waals surface area contributed by atoms with Crippen molar-refractivity contribution in [3.8, 4) is 0 Å². The van der Waals surface area contributed by atoms with Crippen LogP contribution in [0.25, 0.3) is 0 Å². The molecule has 0 spiro atoms. The molecule has 1 aromatic heterocycles. The molecule has 2 aromatic rings. The van der Waals surface area contributed by atoms with Gasteiger partial charge in [-0.15, -0.1) is 11.3 Å². The van der Waals surface area contributed by atoms with E-state index in [0.29, 0.717) is 31.0 Å². The zero-order chi connectivity index (χ0) is 20.7. The molecule has 0 saturated carbocycles. The fourth-order valence-corrected chi connectivity index (χ4v) is 5.22. The number of likely N-dealkylation sites (tertiary alicyclic amines) is 1. The number of carbonyl (C=O) groups excluding carboxylic acids is 1. The summed E-state index contributed by atoms with van der Waals surface area (Å²) in [4.78, 5) is 16.0. The average Bonchev–Trinajstić information content (AvgIpc) is 3.23. The summed E-state index contributed by atoms with van der Waals surface area (Å²) in [7, 11) is -1.43. The van der Waals surface area contributed by atoms with Crippen molar-refractivity contribution in [2.75, 3.05) is 33.2 Å². The number of thiophene rings is 1. The van der Waals surface area contributed by atoms with E-state index in [4.69, 9.17) is 0 Å². The summed E-state index contributed by atoms with van der Waals surface area (Å²) in [5.41, 5.74) is 0.478. The first-order valence-corrected chi connectivity index (χ1v) is 12.4. The van der Waals surface area contributed by atoms with E-state index in [9.17, 15) is 13.2 Å². The number of nitrogens with one attached hydrogen (secondary N) is 2. The Morgan fingerprint density at radius 1 is 1.14 bits per heavy atom. The molecule has 2 N–H and O–H groups in total. The second kappa shape index (κ2) is 10.3. The summed E-state index contributed by atoms with van der Waals surface area (Å²) in [6, 6.07) is 10.0. The normalized spacial score (nSPS) is 16.0. The minimum Gasteiger partial charge on any atom is -0.352 e. The minimum atomic E-state index is -3.57. The Morgan fingerprint density at radius 3 is 2.52 bits per heavy atom. The van der Waals surface area contributed by atoms with E-state index in [1.165, 1.54) is 25.0 Å². The lowest BCUT2D eigenvalue weighted by molar-refractivity contribution is 0.0949. The summed E-state index contributed by atoms with van der Waals surface area (Å²) in [5.74, 6) is 0.506. The largest absolute Gasteiger partial charge is 0.352 e. The van der Waals surface area contributed by atoms with Crippen LogP contribution in [0.4, 0.5) is 0 Å². The van der Waals surface area contributed by atoms with Gasteiger partial charge in [0, 0.05) is 23.5 Å². The number of sulfonamides is 1. The van der Waals surface area contributed by atoms with Gasteiger partial charge < -0.3 is 10.2 Å². The minimum absolute atomic E-state index is 0.160. The van der Waals surface area contributed by atoms with Crippen molar-refractivity contribution in [1.29, 1.82) is 0 Å². The van der Waals surface area contributed by atoms with Gasteiger partial charge in [-0.05, 0) is 87.5 Å². The smallest absolute Gasteiger partial charge is 0.251 e. The molecule has 2 heterocycles. The Balaban J connectivity index is 1.45. The first-order valence-electron chi connectivity index (χ1n) is 10.0. The summed E-state index contributed by atoms with van der Waals surface area (Å²) in [5, 5.41) is 4.92. The van der Waals surface area contributed by atoms with Gasteiger partial charge in [-0.1, -0.05) is 6.07 Å². The van der Waals surface area contributed by atoms with Crippen LogP contribution in [0.3, 0.4) is 0 Å². The molecule has 1 aromatic carbocycles. The summed E-state index contributed by atoms with van der Waals surface area (Å²) >= 11 is 1.61. The Morgan fingerprint density at radius 2 is 1.86 bits per heavy atom. The number of benzene rings is 1. The van der Waals surface area contributed by atoms with Crippen molar-refractivity contribution in [2.24, 2.45) is 5.92 Å². The van der Waals surface area contributed by atoms with Gasteiger partial charge in [0.2, 0.25) is 10.0 Å². The zero-order valence-electron chi connectivity index (χ0n) is 16.8. The number of nitrogens with zero attached hydrogens (tertiary/aromatic N) is 1. The van der Waals surface area contributed by atoms with Gasteiger partial charge in [0.05, 0.1) is 4.90 Å². The molecule has 1 aliphatic heterocycles. The van der Waals surface area contributed by atoms with Crippen LogP contribution in [0.15, 0.2) is 46.7 Å². The maximum Gasteiger partial charge on any atom is 0.251 e. The molecule has 0 atom stereocenters. The van der Waals surface area contributed by atoms with E-state index in [-0.39, 0.29) is 10.8 Å². The van der Waals surface area contributed by atoms with Crippen LogP contribution in [0.1, 0.15) is 34.5 Å². The van der Waals surface area contributed by atoms with Crippen LogP contribution < -0.4 is 10.0 Å². The van der Waals surface area contributed by atoms with Gasteiger partial charge in [0.15, 0.2) is 0 Å². The number of carbonyl (C=O) groups is 1. The topological polar surface area (TPSA) is 78.5 Å².